The molecular formula is C13H28N2O2S. The van der Waals surface area contributed by atoms with Crippen molar-refractivity contribution >= 4 is 9.84 Å². The fourth-order valence-electron chi connectivity index (χ4n) is 2.47. The first-order valence-corrected chi connectivity index (χ1v) is 9.03. The number of piperidine rings is 1. The third kappa shape index (κ3) is 6.16. The van der Waals surface area contributed by atoms with Gasteiger partial charge >= 0.3 is 0 Å². The molecule has 1 heterocycles. The van der Waals surface area contributed by atoms with E-state index in [4.69, 9.17) is 0 Å². The SMILES string of the molecule is CCCN(CCS(=O)(=O)CC)CC1CCCNC1. The zero-order valence-corrected chi connectivity index (χ0v) is 12.6. The first-order chi connectivity index (χ1) is 8.57. The predicted octanol–water partition coefficient (Wildman–Crippen LogP) is 1.13. The molecule has 1 saturated heterocycles. The van der Waals surface area contributed by atoms with Gasteiger partial charge in [0, 0.05) is 18.8 Å². The third-order valence-corrected chi connectivity index (χ3v) is 5.30. The minimum Gasteiger partial charge on any atom is -0.316 e. The molecular weight excluding hydrogens is 248 g/mol. The number of nitrogens with zero attached hydrogens (tertiary/aromatic N) is 1. The number of nitrogens with one attached hydrogen (secondary N) is 1. The summed E-state index contributed by atoms with van der Waals surface area (Å²) in [4.78, 5) is 2.32. The van der Waals surface area contributed by atoms with Gasteiger partial charge in [-0.3, -0.25) is 0 Å². The summed E-state index contributed by atoms with van der Waals surface area (Å²) in [5.74, 6) is 1.26. The van der Waals surface area contributed by atoms with Gasteiger partial charge in [0.15, 0.2) is 9.84 Å². The lowest BCUT2D eigenvalue weighted by Crippen LogP contribution is -2.40. The van der Waals surface area contributed by atoms with Crippen LogP contribution in [0, 0.1) is 5.92 Å². The Balaban J connectivity index is 2.38. The predicted molar refractivity (Wildman–Crippen MR) is 76.7 cm³/mol. The van der Waals surface area contributed by atoms with Gasteiger partial charge in [0.2, 0.25) is 0 Å². The lowest BCUT2D eigenvalue weighted by Gasteiger charge is -2.29. The highest BCUT2D eigenvalue weighted by Crippen LogP contribution is 2.12. The van der Waals surface area contributed by atoms with Crippen LogP contribution in [-0.2, 0) is 9.84 Å². The molecule has 0 aromatic rings. The topological polar surface area (TPSA) is 49.4 Å². The van der Waals surface area contributed by atoms with Crippen LogP contribution in [0.15, 0.2) is 0 Å². The van der Waals surface area contributed by atoms with Gasteiger partial charge in [-0.05, 0) is 44.8 Å². The molecule has 0 aromatic carbocycles. The molecule has 1 aliphatic heterocycles. The van der Waals surface area contributed by atoms with Gasteiger partial charge in [0.05, 0.1) is 5.75 Å². The van der Waals surface area contributed by atoms with Crippen molar-refractivity contribution in [3.05, 3.63) is 0 Å². The standard InChI is InChI=1S/C13H28N2O2S/c1-3-8-15(9-10-18(16,17)4-2)12-13-6-5-7-14-11-13/h13-14H,3-12H2,1-2H3. The highest BCUT2D eigenvalue weighted by molar-refractivity contribution is 7.91. The highest BCUT2D eigenvalue weighted by atomic mass is 32.2. The molecule has 1 aliphatic rings. The minimum absolute atomic E-state index is 0.262. The van der Waals surface area contributed by atoms with E-state index < -0.39 is 9.84 Å². The molecule has 0 radical (unpaired) electrons. The maximum atomic E-state index is 11.6. The Kier molecular flexibility index (Phi) is 7.19. The molecule has 1 atom stereocenters. The molecule has 4 nitrogen and oxygen atoms in total. The number of rotatable bonds is 8. The van der Waals surface area contributed by atoms with Gasteiger partial charge in [-0.25, -0.2) is 8.42 Å². The van der Waals surface area contributed by atoms with Crippen LogP contribution in [0.2, 0.25) is 0 Å². The monoisotopic (exact) mass is 276 g/mol. The number of hydrogen-bond acceptors (Lipinski definition) is 4. The average molecular weight is 276 g/mol. The summed E-state index contributed by atoms with van der Waals surface area (Å²) in [6.45, 7) is 8.84. The van der Waals surface area contributed by atoms with Crippen LogP contribution in [-0.4, -0.2) is 57.5 Å². The van der Waals surface area contributed by atoms with Gasteiger partial charge in [0.1, 0.15) is 0 Å². The number of sulfone groups is 1. The van der Waals surface area contributed by atoms with Crippen LogP contribution < -0.4 is 5.32 Å². The summed E-state index contributed by atoms with van der Waals surface area (Å²) in [5.41, 5.74) is 0. The van der Waals surface area contributed by atoms with Crippen LogP contribution in [0.25, 0.3) is 0 Å². The molecule has 0 spiro atoms. The average Bonchev–Trinajstić information content (AvgIpc) is 2.38. The molecule has 18 heavy (non-hydrogen) atoms. The van der Waals surface area contributed by atoms with Crippen molar-refractivity contribution in [3.63, 3.8) is 0 Å². The largest absolute Gasteiger partial charge is 0.316 e. The molecule has 5 heteroatoms. The second-order valence-corrected chi connectivity index (χ2v) is 7.72. The van der Waals surface area contributed by atoms with Gasteiger partial charge in [-0.15, -0.1) is 0 Å². The second-order valence-electron chi connectivity index (χ2n) is 5.25. The molecule has 0 amide bonds. The Hall–Kier alpha value is -0.130. The van der Waals surface area contributed by atoms with E-state index in [1.54, 1.807) is 6.92 Å². The zero-order valence-electron chi connectivity index (χ0n) is 11.8. The van der Waals surface area contributed by atoms with Crippen LogP contribution in [0.1, 0.15) is 33.1 Å². The van der Waals surface area contributed by atoms with Gasteiger partial charge < -0.3 is 10.2 Å². The van der Waals surface area contributed by atoms with E-state index in [0.717, 1.165) is 32.6 Å². The Bertz CT molecular complexity index is 311. The van der Waals surface area contributed by atoms with Gasteiger partial charge in [-0.1, -0.05) is 13.8 Å². The van der Waals surface area contributed by atoms with Crippen LogP contribution in [0.5, 0.6) is 0 Å². The van der Waals surface area contributed by atoms with Crippen molar-refractivity contribution in [2.75, 3.05) is 44.2 Å². The van der Waals surface area contributed by atoms with Crippen LogP contribution in [0.3, 0.4) is 0 Å². The Labute approximate surface area is 112 Å². The molecule has 0 saturated carbocycles. The van der Waals surface area contributed by atoms with Crippen LogP contribution in [0.4, 0.5) is 0 Å². The van der Waals surface area contributed by atoms with Gasteiger partial charge in [-0.2, -0.15) is 0 Å². The van der Waals surface area contributed by atoms with Crippen molar-refractivity contribution in [1.29, 1.82) is 0 Å². The third-order valence-electron chi connectivity index (χ3n) is 3.61. The summed E-state index contributed by atoms with van der Waals surface area (Å²) >= 11 is 0. The summed E-state index contributed by atoms with van der Waals surface area (Å²) in [7, 11) is -2.83. The zero-order chi connectivity index (χ0) is 13.4. The Morgan fingerprint density at radius 1 is 1.28 bits per heavy atom. The van der Waals surface area contributed by atoms with E-state index in [0.29, 0.717) is 18.2 Å². The van der Waals surface area contributed by atoms with Gasteiger partial charge in [0.25, 0.3) is 0 Å². The van der Waals surface area contributed by atoms with Crippen molar-refractivity contribution in [2.24, 2.45) is 5.92 Å². The van der Waals surface area contributed by atoms with E-state index in [9.17, 15) is 8.42 Å². The van der Waals surface area contributed by atoms with E-state index in [1.165, 1.54) is 12.8 Å². The van der Waals surface area contributed by atoms with E-state index >= 15 is 0 Å². The first kappa shape index (κ1) is 15.9. The van der Waals surface area contributed by atoms with Crippen LogP contribution >= 0.6 is 0 Å². The van der Waals surface area contributed by atoms with E-state index in [-0.39, 0.29) is 5.75 Å². The summed E-state index contributed by atoms with van der Waals surface area (Å²) < 4.78 is 23.1. The molecule has 1 rings (SSSR count). The molecule has 0 bridgehead atoms. The van der Waals surface area contributed by atoms with Crippen molar-refractivity contribution in [2.45, 2.75) is 33.1 Å². The quantitative estimate of drug-likeness (QED) is 0.722. The van der Waals surface area contributed by atoms with E-state index in [1.807, 2.05) is 0 Å². The fourth-order valence-corrected chi connectivity index (χ4v) is 3.29. The molecule has 0 aromatic heterocycles. The lowest BCUT2D eigenvalue weighted by atomic mass is 9.99. The second kappa shape index (κ2) is 8.12. The number of hydrogen-bond donors (Lipinski definition) is 1. The van der Waals surface area contributed by atoms with Crippen molar-refractivity contribution in [1.82, 2.24) is 10.2 Å². The molecule has 1 N–H and O–H groups in total. The lowest BCUT2D eigenvalue weighted by molar-refractivity contribution is 0.217. The normalized spacial score (nSPS) is 21.4. The fraction of sp³-hybridized carbons (Fsp3) is 1.00. The first-order valence-electron chi connectivity index (χ1n) is 7.21. The van der Waals surface area contributed by atoms with E-state index in [2.05, 4.69) is 17.1 Å². The molecule has 0 aliphatic carbocycles. The van der Waals surface area contributed by atoms with Crippen molar-refractivity contribution < 1.29 is 8.42 Å². The maximum absolute atomic E-state index is 11.6. The molecule has 1 fully saturated rings. The smallest absolute Gasteiger partial charge is 0.151 e. The summed E-state index contributed by atoms with van der Waals surface area (Å²) in [5, 5.41) is 3.42. The highest BCUT2D eigenvalue weighted by Gasteiger charge is 2.18. The summed E-state index contributed by atoms with van der Waals surface area (Å²) in [6.07, 6.45) is 3.61. The minimum atomic E-state index is -2.83. The maximum Gasteiger partial charge on any atom is 0.151 e. The van der Waals surface area contributed by atoms with Crippen molar-refractivity contribution in [3.8, 4) is 0 Å². The molecule has 108 valence electrons. The summed E-state index contributed by atoms with van der Waals surface area (Å²) in [6, 6.07) is 0. The Morgan fingerprint density at radius 3 is 2.61 bits per heavy atom. The molecule has 1 unspecified atom stereocenters. The Morgan fingerprint density at radius 2 is 2.06 bits per heavy atom.